The molecule has 86 valence electrons. The lowest BCUT2D eigenvalue weighted by Crippen LogP contribution is -2.43. The molecular formula is C13H15FO2. The minimum Gasteiger partial charge on any atom is -0.389 e. The summed E-state index contributed by atoms with van der Waals surface area (Å²) in [4.78, 5) is 0. The van der Waals surface area contributed by atoms with Gasteiger partial charge in [0.15, 0.2) is 5.67 Å². The number of aliphatic hydroxyl groups is 2. The van der Waals surface area contributed by atoms with Gasteiger partial charge in [0.1, 0.15) is 6.10 Å². The molecule has 3 heteroatoms. The molecule has 0 aromatic heterocycles. The fourth-order valence-corrected chi connectivity index (χ4v) is 2.68. The van der Waals surface area contributed by atoms with Gasteiger partial charge >= 0.3 is 0 Å². The van der Waals surface area contributed by atoms with Crippen LogP contribution in [0.25, 0.3) is 0 Å². The van der Waals surface area contributed by atoms with E-state index < -0.39 is 17.9 Å². The summed E-state index contributed by atoms with van der Waals surface area (Å²) in [7, 11) is 0. The van der Waals surface area contributed by atoms with Crippen molar-refractivity contribution in [1.82, 2.24) is 0 Å². The average molecular weight is 222 g/mol. The SMILES string of the molecule is OC(C1CC1)[C@@]1(F)Cc2ccccc2[C@@H]1O. The Balaban J connectivity index is 1.95. The number of hydrogen-bond acceptors (Lipinski definition) is 2. The number of hydrogen-bond donors (Lipinski definition) is 2. The molecule has 16 heavy (non-hydrogen) atoms. The van der Waals surface area contributed by atoms with Crippen molar-refractivity contribution in [3.8, 4) is 0 Å². The van der Waals surface area contributed by atoms with E-state index in [1.807, 2.05) is 12.1 Å². The highest BCUT2D eigenvalue weighted by molar-refractivity contribution is 5.39. The molecule has 3 atom stereocenters. The van der Waals surface area contributed by atoms with Crippen molar-refractivity contribution >= 4 is 0 Å². The largest absolute Gasteiger partial charge is 0.389 e. The maximum Gasteiger partial charge on any atom is 0.170 e. The van der Waals surface area contributed by atoms with Crippen molar-refractivity contribution in [1.29, 1.82) is 0 Å². The molecule has 2 aliphatic carbocycles. The zero-order chi connectivity index (χ0) is 11.3. The number of alkyl halides is 1. The van der Waals surface area contributed by atoms with Crippen molar-refractivity contribution in [2.45, 2.75) is 37.1 Å². The zero-order valence-electron chi connectivity index (χ0n) is 8.94. The van der Waals surface area contributed by atoms with Crippen molar-refractivity contribution in [2.24, 2.45) is 5.92 Å². The van der Waals surface area contributed by atoms with E-state index >= 15 is 0 Å². The Morgan fingerprint density at radius 1 is 1.31 bits per heavy atom. The number of benzene rings is 1. The van der Waals surface area contributed by atoms with Gasteiger partial charge in [-0.15, -0.1) is 0 Å². The molecule has 1 unspecified atom stereocenters. The number of rotatable bonds is 2. The summed E-state index contributed by atoms with van der Waals surface area (Å²) >= 11 is 0. The molecular weight excluding hydrogens is 207 g/mol. The molecule has 2 aliphatic rings. The van der Waals surface area contributed by atoms with Crippen LogP contribution < -0.4 is 0 Å². The fourth-order valence-electron chi connectivity index (χ4n) is 2.68. The summed E-state index contributed by atoms with van der Waals surface area (Å²) in [5, 5.41) is 20.0. The van der Waals surface area contributed by atoms with Crippen molar-refractivity contribution in [3.63, 3.8) is 0 Å². The second-order valence-corrected chi connectivity index (χ2v) is 4.99. The van der Waals surface area contributed by atoms with Gasteiger partial charge in [-0.25, -0.2) is 4.39 Å². The standard InChI is InChI=1S/C13H15FO2/c14-13(11(15)8-5-6-8)7-9-3-1-2-4-10(9)12(13)16/h1-4,8,11-12,15-16H,5-7H2/t11?,12-,13-/m0/s1. The third-order valence-electron chi connectivity index (χ3n) is 3.83. The Kier molecular flexibility index (Phi) is 2.10. The average Bonchev–Trinajstić information content (AvgIpc) is 3.08. The molecule has 2 nitrogen and oxygen atoms in total. The number of halogens is 1. The normalized spacial score (nSPS) is 34.8. The van der Waals surface area contributed by atoms with Crippen molar-refractivity contribution in [3.05, 3.63) is 35.4 Å². The minimum absolute atomic E-state index is 0.0361. The molecule has 0 bridgehead atoms. The molecule has 0 radical (unpaired) electrons. The van der Waals surface area contributed by atoms with Gasteiger partial charge in [0, 0.05) is 6.42 Å². The van der Waals surface area contributed by atoms with Crippen LogP contribution in [0.4, 0.5) is 4.39 Å². The lowest BCUT2D eigenvalue weighted by Gasteiger charge is -2.29. The van der Waals surface area contributed by atoms with Crippen LogP contribution in [0.5, 0.6) is 0 Å². The molecule has 2 N–H and O–H groups in total. The first-order valence-corrected chi connectivity index (χ1v) is 5.76. The Morgan fingerprint density at radius 2 is 2.00 bits per heavy atom. The van der Waals surface area contributed by atoms with Crippen LogP contribution in [0.3, 0.4) is 0 Å². The molecule has 1 aromatic carbocycles. The Hall–Kier alpha value is -0.930. The zero-order valence-corrected chi connectivity index (χ0v) is 8.94. The van der Waals surface area contributed by atoms with E-state index in [1.165, 1.54) is 0 Å². The topological polar surface area (TPSA) is 40.5 Å². The van der Waals surface area contributed by atoms with Gasteiger partial charge in [-0.3, -0.25) is 0 Å². The summed E-state index contributed by atoms with van der Waals surface area (Å²) in [6.07, 6.45) is -0.345. The smallest absolute Gasteiger partial charge is 0.170 e. The van der Waals surface area contributed by atoms with Gasteiger partial charge in [0.25, 0.3) is 0 Å². The highest BCUT2D eigenvalue weighted by Gasteiger charge is 2.55. The number of fused-ring (bicyclic) bond motifs is 1. The van der Waals surface area contributed by atoms with Crippen LogP contribution in [0.2, 0.25) is 0 Å². The lowest BCUT2D eigenvalue weighted by atomic mass is 9.90. The van der Waals surface area contributed by atoms with E-state index in [2.05, 4.69) is 0 Å². The Bertz CT molecular complexity index is 416. The van der Waals surface area contributed by atoms with E-state index in [0.717, 1.165) is 18.4 Å². The maximum absolute atomic E-state index is 14.7. The monoisotopic (exact) mass is 222 g/mol. The highest BCUT2D eigenvalue weighted by atomic mass is 19.1. The van der Waals surface area contributed by atoms with Crippen molar-refractivity contribution in [2.75, 3.05) is 0 Å². The van der Waals surface area contributed by atoms with Crippen LogP contribution >= 0.6 is 0 Å². The summed E-state index contributed by atoms with van der Waals surface area (Å²) < 4.78 is 14.7. The molecule has 0 aliphatic heterocycles. The third kappa shape index (κ3) is 1.31. The summed E-state index contributed by atoms with van der Waals surface area (Å²) in [5.74, 6) is 0.0361. The van der Waals surface area contributed by atoms with E-state index in [4.69, 9.17) is 0 Å². The fraction of sp³-hybridized carbons (Fsp3) is 0.538. The summed E-state index contributed by atoms with van der Waals surface area (Å²) in [6.45, 7) is 0. The van der Waals surface area contributed by atoms with E-state index in [9.17, 15) is 14.6 Å². The van der Waals surface area contributed by atoms with E-state index in [0.29, 0.717) is 5.56 Å². The third-order valence-corrected chi connectivity index (χ3v) is 3.83. The second kappa shape index (κ2) is 3.28. The van der Waals surface area contributed by atoms with Crippen LogP contribution in [0, 0.1) is 5.92 Å². The van der Waals surface area contributed by atoms with E-state index in [-0.39, 0.29) is 12.3 Å². The molecule has 0 heterocycles. The Morgan fingerprint density at radius 3 is 2.62 bits per heavy atom. The van der Waals surface area contributed by atoms with Gasteiger partial charge < -0.3 is 10.2 Å². The molecule has 1 aromatic rings. The van der Waals surface area contributed by atoms with Gasteiger partial charge in [-0.05, 0) is 29.9 Å². The summed E-state index contributed by atoms with van der Waals surface area (Å²) in [6, 6.07) is 7.18. The summed E-state index contributed by atoms with van der Waals surface area (Å²) in [5.41, 5.74) is -0.438. The minimum atomic E-state index is -1.88. The maximum atomic E-state index is 14.7. The first-order valence-electron chi connectivity index (χ1n) is 5.76. The molecule has 1 saturated carbocycles. The van der Waals surface area contributed by atoms with Gasteiger partial charge in [-0.1, -0.05) is 24.3 Å². The second-order valence-electron chi connectivity index (χ2n) is 4.99. The molecule has 3 rings (SSSR count). The van der Waals surface area contributed by atoms with Crippen LogP contribution in [0.15, 0.2) is 24.3 Å². The van der Waals surface area contributed by atoms with Crippen LogP contribution in [-0.4, -0.2) is 22.0 Å². The quantitative estimate of drug-likeness (QED) is 0.800. The highest BCUT2D eigenvalue weighted by Crippen LogP contribution is 2.49. The predicted molar refractivity (Wildman–Crippen MR) is 57.7 cm³/mol. The van der Waals surface area contributed by atoms with Gasteiger partial charge in [-0.2, -0.15) is 0 Å². The van der Waals surface area contributed by atoms with E-state index in [1.54, 1.807) is 12.1 Å². The molecule has 0 saturated heterocycles. The van der Waals surface area contributed by atoms with Gasteiger partial charge in [0.2, 0.25) is 0 Å². The van der Waals surface area contributed by atoms with Crippen LogP contribution in [0.1, 0.15) is 30.1 Å². The Labute approximate surface area is 93.7 Å². The first-order chi connectivity index (χ1) is 7.63. The molecule has 0 amide bonds. The van der Waals surface area contributed by atoms with Crippen LogP contribution in [-0.2, 0) is 6.42 Å². The molecule has 1 fully saturated rings. The predicted octanol–water partition coefficient (Wildman–Crippen LogP) is 1.76. The van der Waals surface area contributed by atoms with Crippen molar-refractivity contribution < 1.29 is 14.6 Å². The lowest BCUT2D eigenvalue weighted by molar-refractivity contribution is -0.0924. The number of aliphatic hydroxyl groups excluding tert-OH is 2. The first kappa shape index (κ1) is 10.2. The van der Waals surface area contributed by atoms with Gasteiger partial charge in [0.05, 0.1) is 6.10 Å². The molecule has 0 spiro atoms.